The van der Waals surface area contributed by atoms with E-state index in [0.29, 0.717) is 19.4 Å². The second-order valence-electron chi connectivity index (χ2n) is 12.1. The summed E-state index contributed by atoms with van der Waals surface area (Å²) < 4.78 is 5.34. The van der Waals surface area contributed by atoms with Gasteiger partial charge in [0.1, 0.15) is 17.7 Å². The van der Waals surface area contributed by atoms with Gasteiger partial charge in [-0.25, -0.2) is 4.79 Å². The Labute approximate surface area is 208 Å². The van der Waals surface area contributed by atoms with E-state index in [4.69, 9.17) is 10.5 Å². The number of carbonyl (C=O) groups excluding carboxylic acids is 5. The molecule has 35 heavy (non-hydrogen) atoms. The van der Waals surface area contributed by atoms with Crippen LogP contribution in [0.1, 0.15) is 80.6 Å². The summed E-state index contributed by atoms with van der Waals surface area (Å²) in [6.45, 7) is 12.9. The number of carbonyl (C=O) groups is 5. The molecule has 0 spiro atoms. The van der Waals surface area contributed by atoms with E-state index in [-0.39, 0.29) is 11.8 Å². The van der Waals surface area contributed by atoms with Gasteiger partial charge < -0.3 is 26.0 Å². The molecule has 1 aliphatic carbocycles. The van der Waals surface area contributed by atoms with Crippen LogP contribution in [0.5, 0.6) is 0 Å². The molecule has 4 N–H and O–H groups in total. The van der Waals surface area contributed by atoms with Crippen LogP contribution in [-0.2, 0) is 23.9 Å². The second-order valence-corrected chi connectivity index (χ2v) is 12.1. The van der Waals surface area contributed by atoms with Crippen molar-refractivity contribution in [3.63, 3.8) is 0 Å². The van der Waals surface area contributed by atoms with Crippen molar-refractivity contribution in [1.29, 1.82) is 0 Å². The first-order valence-corrected chi connectivity index (χ1v) is 12.4. The van der Waals surface area contributed by atoms with E-state index in [1.807, 2.05) is 27.7 Å². The van der Waals surface area contributed by atoms with Crippen LogP contribution in [-0.4, -0.2) is 64.8 Å². The van der Waals surface area contributed by atoms with Crippen LogP contribution in [0, 0.1) is 17.3 Å². The van der Waals surface area contributed by atoms with Crippen LogP contribution >= 0.6 is 0 Å². The summed E-state index contributed by atoms with van der Waals surface area (Å²) in [5, 5.41) is 5.38. The molecule has 0 aromatic heterocycles. The van der Waals surface area contributed by atoms with E-state index >= 15 is 0 Å². The highest BCUT2D eigenvalue weighted by Crippen LogP contribution is 2.32. The molecule has 0 aromatic rings. The summed E-state index contributed by atoms with van der Waals surface area (Å²) in [5.74, 6) is -2.51. The summed E-state index contributed by atoms with van der Waals surface area (Å²) in [6.07, 6.45) is 2.97. The first-order chi connectivity index (χ1) is 16.0. The molecule has 2 fully saturated rings. The molecule has 1 heterocycles. The number of Topliss-reactive ketones (excluding diaryl/α,β-unsaturated/α-hetero) is 1. The van der Waals surface area contributed by atoms with Gasteiger partial charge in [0.25, 0.3) is 5.91 Å². The predicted molar refractivity (Wildman–Crippen MR) is 130 cm³/mol. The fraction of sp³-hybridized carbons (Fsp3) is 0.800. The Morgan fingerprint density at radius 2 is 1.63 bits per heavy atom. The second kappa shape index (κ2) is 11.0. The van der Waals surface area contributed by atoms with Gasteiger partial charge in [-0.1, -0.05) is 47.0 Å². The van der Waals surface area contributed by atoms with Crippen molar-refractivity contribution < 1.29 is 28.7 Å². The van der Waals surface area contributed by atoms with E-state index in [1.165, 1.54) is 4.90 Å². The molecule has 198 valence electrons. The average Bonchev–Trinajstić information content (AvgIpc) is 3.06. The molecule has 0 radical (unpaired) electrons. The van der Waals surface area contributed by atoms with E-state index in [1.54, 1.807) is 20.8 Å². The molecule has 1 aliphatic heterocycles. The molecular formula is C25H42N4O6. The lowest BCUT2D eigenvalue weighted by molar-refractivity contribution is -0.143. The van der Waals surface area contributed by atoms with Gasteiger partial charge in [0.15, 0.2) is 0 Å². The third kappa shape index (κ3) is 7.93. The Kier molecular flexibility index (Phi) is 8.94. The van der Waals surface area contributed by atoms with Gasteiger partial charge in [-0.05, 0) is 50.9 Å². The van der Waals surface area contributed by atoms with Gasteiger partial charge in [0.05, 0.1) is 6.04 Å². The first-order valence-electron chi connectivity index (χ1n) is 12.4. The van der Waals surface area contributed by atoms with Crippen molar-refractivity contribution >= 4 is 29.6 Å². The molecule has 2 rings (SSSR count). The Morgan fingerprint density at radius 1 is 1.03 bits per heavy atom. The van der Waals surface area contributed by atoms with Gasteiger partial charge in [0.2, 0.25) is 17.6 Å². The molecule has 4 atom stereocenters. The van der Waals surface area contributed by atoms with Crippen molar-refractivity contribution in [2.24, 2.45) is 23.0 Å². The number of nitrogens with zero attached hydrogens (tertiary/aromatic N) is 1. The van der Waals surface area contributed by atoms with E-state index in [9.17, 15) is 24.0 Å². The summed E-state index contributed by atoms with van der Waals surface area (Å²) >= 11 is 0. The highest BCUT2D eigenvalue weighted by atomic mass is 16.6. The van der Waals surface area contributed by atoms with Crippen LogP contribution in [0.4, 0.5) is 4.79 Å². The van der Waals surface area contributed by atoms with Gasteiger partial charge in [-0.3, -0.25) is 19.2 Å². The Morgan fingerprint density at radius 3 is 2.09 bits per heavy atom. The standard InChI is InChI=1S/C25H42N4O6/c1-14-11-17(21(32)27-16(18(30)20(26)31)12-15-9-8-10-15)29(13-14)22(33)19(24(2,3)4)28-23(34)35-25(5,6)7/h14-17,19H,8-13H2,1-7H3,(H2,26,31)(H,27,32)(H,28,34)/t14-,16?,17+,19?/m1/s1. The molecule has 0 bridgehead atoms. The highest BCUT2D eigenvalue weighted by Gasteiger charge is 2.45. The average molecular weight is 495 g/mol. The Bertz CT molecular complexity index is 840. The minimum Gasteiger partial charge on any atom is -0.444 e. The topological polar surface area (TPSA) is 148 Å². The zero-order valence-corrected chi connectivity index (χ0v) is 22.1. The minimum atomic E-state index is -1.09. The monoisotopic (exact) mass is 494 g/mol. The van der Waals surface area contributed by atoms with Gasteiger partial charge in [0, 0.05) is 6.54 Å². The van der Waals surface area contributed by atoms with Crippen LogP contribution in [0.2, 0.25) is 0 Å². The number of primary amides is 1. The zero-order chi connectivity index (χ0) is 26.7. The number of rotatable bonds is 8. The van der Waals surface area contributed by atoms with Gasteiger partial charge in [-0.2, -0.15) is 0 Å². The lowest BCUT2D eigenvalue weighted by atomic mass is 9.80. The number of amides is 4. The molecule has 10 nitrogen and oxygen atoms in total. The summed E-state index contributed by atoms with van der Waals surface area (Å²) in [7, 11) is 0. The molecule has 10 heteroatoms. The number of alkyl carbamates (subject to hydrolysis) is 1. The number of ketones is 1. The summed E-state index contributed by atoms with van der Waals surface area (Å²) in [4.78, 5) is 64.8. The van der Waals surface area contributed by atoms with Gasteiger partial charge >= 0.3 is 6.09 Å². The number of hydrogen-bond donors (Lipinski definition) is 3. The largest absolute Gasteiger partial charge is 0.444 e. The molecule has 4 amide bonds. The lowest BCUT2D eigenvalue weighted by Gasteiger charge is -2.36. The number of nitrogens with two attached hydrogens (primary N) is 1. The lowest BCUT2D eigenvalue weighted by Crippen LogP contribution is -2.59. The molecule has 2 unspecified atom stereocenters. The van der Waals surface area contributed by atoms with E-state index in [2.05, 4.69) is 10.6 Å². The van der Waals surface area contributed by atoms with Gasteiger partial charge in [-0.15, -0.1) is 0 Å². The molecule has 1 saturated carbocycles. The Hall–Kier alpha value is -2.65. The highest BCUT2D eigenvalue weighted by molar-refractivity contribution is 6.37. The van der Waals surface area contributed by atoms with Crippen LogP contribution in [0.15, 0.2) is 0 Å². The van der Waals surface area contributed by atoms with Crippen molar-refractivity contribution in [1.82, 2.24) is 15.5 Å². The third-order valence-corrected chi connectivity index (χ3v) is 6.54. The normalized spacial score (nSPS) is 22.5. The number of likely N-dealkylation sites (tertiary alicyclic amines) is 1. The van der Waals surface area contributed by atoms with Crippen molar-refractivity contribution in [3.05, 3.63) is 0 Å². The van der Waals surface area contributed by atoms with Crippen LogP contribution in [0.3, 0.4) is 0 Å². The molecular weight excluding hydrogens is 452 g/mol. The molecule has 2 aliphatic rings. The number of nitrogens with one attached hydrogen (secondary N) is 2. The van der Waals surface area contributed by atoms with E-state index in [0.717, 1.165) is 19.3 Å². The predicted octanol–water partition coefficient (Wildman–Crippen LogP) is 1.89. The summed E-state index contributed by atoms with van der Waals surface area (Å²) in [6, 6.07) is -2.76. The summed E-state index contributed by atoms with van der Waals surface area (Å²) in [5.41, 5.74) is 3.83. The maximum Gasteiger partial charge on any atom is 0.408 e. The zero-order valence-electron chi connectivity index (χ0n) is 22.1. The Balaban J connectivity index is 2.21. The van der Waals surface area contributed by atoms with Crippen molar-refractivity contribution in [2.75, 3.05) is 6.54 Å². The quantitative estimate of drug-likeness (QED) is 0.439. The van der Waals surface area contributed by atoms with Crippen LogP contribution < -0.4 is 16.4 Å². The number of hydrogen-bond acceptors (Lipinski definition) is 6. The third-order valence-electron chi connectivity index (χ3n) is 6.54. The smallest absolute Gasteiger partial charge is 0.408 e. The maximum absolute atomic E-state index is 13.6. The molecule has 0 aromatic carbocycles. The maximum atomic E-state index is 13.6. The fourth-order valence-corrected chi connectivity index (χ4v) is 4.51. The van der Waals surface area contributed by atoms with E-state index < -0.39 is 58.7 Å². The van der Waals surface area contributed by atoms with Crippen LogP contribution in [0.25, 0.3) is 0 Å². The van der Waals surface area contributed by atoms with Crippen molar-refractivity contribution in [2.45, 2.75) is 104 Å². The SMILES string of the molecule is C[C@@H]1C[C@@H](C(=O)NC(CC2CCC2)C(=O)C(N)=O)N(C(=O)C(NC(=O)OC(C)(C)C)C(C)(C)C)C1. The van der Waals surface area contributed by atoms with Crippen molar-refractivity contribution in [3.8, 4) is 0 Å². The fourth-order valence-electron chi connectivity index (χ4n) is 4.51. The molecule has 1 saturated heterocycles. The minimum absolute atomic E-state index is 0.0359. The first kappa shape index (κ1) is 28.6. The number of ether oxygens (including phenoxy) is 1.